The molecule has 0 aromatic rings. The average Bonchev–Trinajstić information content (AvgIpc) is 3.22. The molecule has 1 atom stereocenters. The molecule has 0 amide bonds. The van der Waals surface area contributed by atoms with E-state index in [4.69, 9.17) is 5.73 Å². The lowest BCUT2D eigenvalue weighted by atomic mass is 10.0. The number of hydrogen-bond donors (Lipinski definition) is 2. The van der Waals surface area contributed by atoms with Crippen molar-refractivity contribution in [2.24, 2.45) is 17.1 Å². The number of hydrogen-bond acceptors (Lipinski definition) is 4. The molecule has 0 radical (unpaired) electrons. The van der Waals surface area contributed by atoms with Gasteiger partial charge in [-0.15, -0.1) is 0 Å². The number of rotatable bonds is 12. The lowest BCUT2D eigenvalue weighted by molar-refractivity contribution is 0.218. The molecule has 4 nitrogen and oxygen atoms in total. The summed E-state index contributed by atoms with van der Waals surface area (Å²) in [5.74, 6) is 0.705. The van der Waals surface area contributed by atoms with Crippen LogP contribution < -0.4 is 11.1 Å². The molecule has 0 aromatic carbocycles. The van der Waals surface area contributed by atoms with Crippen molar-refractivity contribution in [1.29, 1.82) is 0 Å². The Hall–Kier alpha value is -0.160. The van der Waals surface area contributed by atoms with E-state index in [-0.39, 0.29) is 0 Å². The Labute approximate surface area is 126 Å². The Bertz CT molecular complexity index is 253. The van der Waals surface area contributed by atoms with Crippen molar-refractivity contribution in [3.63, 3.8) is 0 Å². The van der Waals surface area contributed by atoms with Crippen LogP contribution >= 0.6 is 0 Å². The van der Waals surface area contributed by atoms with Gasteiger partial charge < -0.3 is 16.0 Å². The van der Waals surface area contributed by atoms with Crippen LogP contribution in [0, 0.1) is 11.3 Å². The van der Waals surface area contributed by atoms with Gasteiger partial charge in [0.2, 0.25) is 0 Å². The summed E-state index contributed by atoms with van der Waals surface area (Å²) in [7, 11) is 2.19. The fourth-order valence-corrected chi connectivity index (χ4v) is 2.82. The summed E-state index contributed by atoms with van der Waals surface area (Å²) in [6.45, 7) is 14.2. The van der Waals surface area contributed by atoms with Gasteiger partial charge in [-0.3, -0.25) is 4.90 Å². The first kappa shape index (κ1) is 17.9. The second kappa shape index (κ2) is 8.98. The first-order valence-corrected chi connectivity index (χ1v) is 8.37. The van der Waals surface area contributed by atoms with Crippen LogP contribution in [0.5, 0.6) is 0 Å². The van der Waals surface area contributed by atoms with E-state index >= 15 is 0 Å². The van der Waals surface area contributed by atoms with Crippen LogP contribution in [0.1, 0.15) is 40.0 Å². The summed E-state index contributed by atoms with van der Waals surface area (Å²) in [5, 5.41) is 3.58. The second-order valence-corrected chi connectivity index (χ2v) is 6.75. The third kappa shape index (κ3) is 6.53. The van der Waals surface area contributed by atoms with E-state index in [0.29, 0.717) is 18.0 Å². The molecular weight excluding hydrogens is 248 g/mol. The molecule has 0 aromatic heterocycles. The van der Waals surface area contributed by atoms with Crippen molar-refractivity contribution in [2.45, 2.75) is 40.0 Å². The zero-order valence-electron chi connectivity index (χ0n) is 14.1. The summed E-state index contributed by atoms with van der Waals surface area (Å²) in [6, 6.07) is 0. The monoisotopic (exact) mass is 284 g/mol. The minimum Gasteiger partial charge on any atom is -0.318 e. The zero-order chi connectivity index (χ0) is 15.0. The quantitative estimate of drug-likeness (QED) is 0.422. The SMILES string of the molecule is CCN(C)CC(C)CNCCN(CN)CC1(CC)CC1. The smallest absolute Gasteiger partial charge is 0.0455 e. The molecule has 120 valence electrons. The van der Waals surface area contributed by atoms with E-state index < -0.39 is 0 Å². The number of nitrogens with one attached hydrogen (secondary N) is 1. The largest absolute Gasteiger partial charge is 0.318 e. The van der Waals surface area contributed by atoms with Crippen LogP contribution in [0.25, 0.3) is 0 Å². The molecule has 3 N–H and O–H groups in total. The van der Waals surface area contributed by atoms with Gasteiger partial charge in [0.05, 0.1) is 0 Å². The highest BCUT2D eigenvalue weighted by Gasteiger charge is 2.41. The molecule has 1 aliphatic carbocycles. The highest BCUT2D eigenvalue weighted by Crippen LogP contribution is 2.48. The highest BCUT2D eigenvalue weighted by molar-refractivity contribution is 4.94. The molecule has 1 aliphatic rings. The van der Waals surface area contributed by atoms with E-state index in [2.05, 4.69) is 42.9 Å². The van der Waals surface area contributed by atoms with Gasteiger partial charge in [-0.25, -0.2) is 0 Å². The fourth-order valence-electron chi connectivity index (χ4n) is 2.82. The molecule has 1 fully saturated rings. The minimum atomic E-state index is 0.608. The van der Waals surface area contributed by atoms with E-state index in [1.165, 1.54) is 32.4 Å². The molecule has 4 heteroatoms. The van der Waals surface area contributed by atoms with Crippen LogP contribution in [-0.4, -0.2) is 62.8 Å². The molecule has 0 aliphatic heterocycles. The first-order chi connectivity index (χ1) is 9.55. The number of nitrogens with two attached hydrogens (primary N) is 1. The lowest BCUT2D eigenvalue weighted by Gasteiger charge is -2.26. The maximum Gasteiger partial charge on any atom is 0.0455 e. The van der Waals surface area contributed by atoms with Crippen molar-refractivity contribution in [1.82, 2.24) is 15.1 Å². The minimum absolute atomic E-state index is 0.608. The van der Waals surface area contributed by atoms with Gasteiger partial charge in [0.25, 0.3) is 0 Å². The second-order valence-electron chi connectivity index (χ2n) is 6.75. The van der Waals surface area contributed by atoms with Crippen LogP contribution in [0.15, 0.2) is 0 Å². The standard InChI is InChI=1S/C16H36N4/c1-5-16(7-8-16)13-20(14-17)10-9-18-11-15(3)12-19(4)6-2/h15,18H,5-14,17H2,1-4H3. The predicted molar refractivity (Wildman–Crippen MR) is 87.8 cm³/mol. The third-order valence-electron chi connectivity index (χ3n) is 4.79. The maximum absolute atomic E-state index is 5.88. The molecule has 20 heavy (non-hydrogen) atoms. The molecule has 0 heterocycles. The van der Waals surface area contributed by atoms with Gasteiger partial charge >= 0.3 is 0 Å². The predicted octanol–water partition coefficient (Wildman–Crippen LogP) is 1.57. The molecule has 1 unspecified atom stereocenters. The van der Waals surface area contributed by atoms with Crippen LogP contribution in [0.3, 0.4) is 0 Å². The van der Waals surface area contributed by atoms with E-state index in [1.807, 2.05) is 0 Å². The summed E-state index contributed by atoms with van der Waals surface area (Å²) in [5.41, 5.74) is 6.49. The Morgan fingerprint density at radius 1 is 1.30 bits per heavy atom. The Balaban J connectivity index is 2.09. The fraction of sp³-hybridized carbons (Fsp3) is 1.00. The molecule has 0 saturated heterocycles. The molecule has 0 spiro atoms. The van der Waals surface area contributed by atoms with Gasteiger partial charge in [0.15, 0.2) is 0 Å². The van der Waals surface area contributed by atoms with Gasteiger partial charge in [0, 0.05) is 32.8 Å². The van der Waals surface area contributed by atoms with Crippen LogP contribution in [-0.2, 0) is 0 Å². The molecule has 1 rings (SSSR count). The van der Waals surface area contributed by atoms with E-state index in [1.54, 1.807) is 0 Å². The average molecular weight is 284 g/mol. The van der Waals surface area contributed by atoms with Crippen LogP contribution in [0.2, 0.25) is 0 Å². The maximum atomic E-state index is 5.88. The van der Waals surface area contributed by atoms with E-state index in [9.17, 15) is 0 Å². The highest BCUT2D eigenvalue weighted by atomic mass is 15.2. The Kier molecular flexibility index (Phi) is 8.03. The van der Waals surface area contributed by atoms with Crippen molar-refractivity contribution in [3.05, 3.63) is 0 Å². The van der Waals surface area contributed by atoms with E-state index in [0.717, 1.165) is 26.2 Å². The van der Waals surface area contributed by atoms with Gasteiger partial charge in [-0.2, -0.15) is 0 Å². The first-order valence-electron chi connectivity index (χ1n) is 8.37. The molecule has 1 saturated carbocycles. The van der Waals surface area contributed by atoms with Crippen molar-refractivity contribution < 1.29 is 0 Å². The summed E-state index contributed by atoms with van der Waals surface area (Å²) >= 11 is 0. The third-order valence-corrected chi connectivity index (χ3v) is 4.79. The number of nitrogens with zero attached hydrogens (tertiary/aromatic N) is 2. The normalized spacial score (nSPS) is 18.8. The van der Waals surface area contributed by atoms with Gasteiger partial charge in [-0.05, 0) is 50.7 Å². The van der Waals surface area contributed by atoms with Gasteiger partial charge in [-0.1, -0.05) is 20.8 Å². The zero-order valence-corrected chi connectivity index (χ0v) is 14.1. The molecule has 0 bridgehead atoms. The summed E-state index contributed by atoms with van der Waals surface area (Å²) < 4.78 is 0. The van der Waals surface area contributed by atoms with Crippen LogP contribution in [0.4, 0.5) is 0 Å². The van der Waals surface area contributed by atoms with Crippen molar-refractivity contribution >= 4 is 0 Å². The van der Waals surface area contributed by atoms with Gasteiger partial charge in [0.1, 0.15) is 0 Å². The summed E-state index contributed by atoms with van der Waals surface area (Å²) in [6.07, 6.45) is 4.10. The molecular formula is C16H36N4. The van der Waals surface area contributed by atoms with Crippen molar-refractivity contribution in [3.8, 4) is 0 Å². The summed E-state index contributed by atoms with van der Waals surface area (Å²) in [4.78, 5) is 4.78. The Morgan fingerprint density at radius 3 is 2.50 bits per heavy atom. The Morgan fingerprint density at radius 2 is 2.00 bits per heavy atom. The van der Waals surface area contributed by atoms with Crippen molar-refractivity contribution in [2.75, 3.05) is 53.0 Å². The lowest BCUT2D eigenvalue weighted by Crippen LogP contribution is -2.41. The topological polar surface area (TPSA) is 44.5 Å².